The number of sulfonamides is 1. The number of aromatic nitrogens is 1. The van der Waals surface area contributed by atoms with Crippen molar-refractivity contribution in [1.82, 2.24) is 19.7 Å². The Balaban J connectivity index is 0.00000253. The van der Waals surface area contributed by atoms with Crippen LogP contribution < -0.4 is 10.2 Å². The molecule has 2 N–H and O–H groups in total. The summed E-state index contributed by atoms with van der Waals surface area (Å²) in [6.07, 6.45) is 3.92. The van der Waals surface area contributed by atoms with Crippen LogP contribution in [0.25, 0.3) is 0 Å². The lowest BCUT2D eigenvalue weighted by Crippen LogP contribution is -2.63. The van der Waals surface area contributed by atoms with Gasteiger partial charge in [-0.3, -0.25) is 19.9 Å². The average Bonchev–Trinajstić information content (AvgIpc) is 2.93. The van der Waals surface area contributed by atoms with Crippen molar-refractivity contribution in [3.63, 3.8) is 0 Å². The molecule has 0 bridgehead atoms. The second kappa shape index (κ2) is 13.9. The normalized spacial score (nSPS) is 15.1. The summed E-state index contributed by atoms with van der Waals surface area (Å²) in [5, 5.41) is 9.71. The Morgan fingerprint density at radius 1 is 1.03 bits per heavy atom. The number of carbonyl (C=O) groups excluding carboxylic acids is 1. The summed E-state index contributed by atoms with van der Waals surface area (Å²) in [7, 11) is -2.63. The minimum atomic E-state index is -4.14. The maximum atomic E-state index is 14.0. The van der Waals surface area contributed by atoms with Gasteiger partial charge in [0.2, 0.25) is 10.0 Å². The molecule has 1 amide bonds. The number of methoxy groups -OCH3 is 1. The first-order chi connectivity index (χ1) is 17.4. The van der Waals surface area contributed by atoms with E-state index in [-0.39, 0.29) is 49.1 Å². The lowest BCUT2D eigenvalue weighted by molar-refractivity contribution is -0.142. The molecule has 0 radical (unpaired) electrons. The van der Waals surface area contributed by atoms with Crippen LogP contribution in [0.3, 0.4) is 0 Å². The predicted octanol–water partition coefficient (Wildman–Crippen LogP) is 3.66. The largest absolute Gasteiger partial charge is 0.497 e. The molecule has 1 aliphatic rings. The van der Waals surface area contributed by atoms with Gasteiger partial charge in [0.05, 0.1) is 12.0 Å². The number of hydrogen-bond donors (Lipinski definition) is 2. The SMILES string of the molecule is COc1ccc(S(=O)(=O)N(Cc2ccccc2)C2(C(=O)NO)CCN(Cc3cccnc3)CC2)cc1.Cl.Cl. The highest BCUT2D eigenvalue weighted by Crippen LogP contribution is 2.36. The number of amides is 1. The number of hydrogen-bond acceptors (Lipinski definition) is 7. The molecule has 2 heterocycles. The van der Waals surface area contributed by atoms with Crippen molar-refractivity contribution in [3.05, 3.63) is 90.3 Å². The molecule has 4 rings (SSSR count). The van der Waals surface area contributed by atoms with Crippen molar-refractivity contribution < 1.29 is 23.2 Å². The highest BCUT2D eigenvalue weighted by molar-refractivity contribution is 7.89. The third kappa shape index (κ3) is 6.82. The van der Waals surface area contributed by atoms with E-state index in [4.69, 9.17) is 4.74 Å². The highest BCUT2D eigenvalue weighted by atomic mass is 35.5. The van der Waals surface area contributed by atoms with Gasteiger partial charge in [-0.15, -0.1) is 24.8 Å². The molecule has 0 unspecified atom stereocenters. The van der Waals surface area contributed by atoms with Crippen molar-refractivity contribution in [2.24, 2.45) is 0 Å². The minimum absolute atomic E-state index is 0. The van der Waals surface area contributed by atoms with Gasteiger partial charge >= 0.3 is 0 Å². The van der Waals surface area contributed by atoms with Crippen molar-refractivity contribution in [1.29, 1.82) is 0 Å². The molecule has 0 atom stereocenters. The molecule has 0 saturated carbocycles. The quantitative estimate of drug-likeness (QED) is 0.292. The molecule has 12 heteroatoms. The predicted molar refractivity (Wildman–Crippen MR) is 148 cm³/mol. The van der Waals surface area contributed by atoms with Crippen LogP contribution in [0.4, 0.5) is 0 Å². The lowest BCUT2D eigenvalue weighted by Gasteiger charge is -2.46. The van der Waals surface area contributed by atoms with Gasteiger partial charge in [-0.05, 0) is 54.3 Å². The Labute approximate surface area is 235 Å². The molecule has 206 valence electrons. The Kier molecular flexibility index (Phi) is 11.5. The number of nitrogens with one attached hydrogen (secondary N) is 1. The smallest absolute Gasteiger partial charge is 0.265 e. The van der Waals surface area contributed by atoms with Crippen molar-refractivity contribution >= 4 is 40.7 Å². The van der Waals surface area contributed by atoms with Crippen molar-refractivity contribution in [2.75, 3.05) is 20.2 Å². The summed E-state index contributed by atoms with van der Waals surface area (Å²) in [6, 6.07) is 19.0. The monoisotopic (exact) mass is 582 g/mol. The maximum absolute atomic E-state index is 14.0. The van der Waals surface area contributed by atoms with Gasteiger partial charge in [0.25, 0.3) is 5.91 Å². The Bertz CT molecular complexity index is 1260. The molecule has 0 spiro atoms. The standard InChI is InChI=1S/C26H30N4O5S.2ClH/c1-35-23-9-11-24(12-10-23)36(33,34)30(20-21-6-3-2-4-7-21)26(25(31)28-32)13-16-29(17-14-26)19-22-8-5-15-27-18-22;;/h2-12,15,18,32H,13-14,16-17,19-20H2,1H3,(H,28,31);2*1H. The lowest BCUT2D eigenvalue weighted by atomic mass is 9.86. The molecule has 3 aromatic rings. The first-order valence-corrected chi connectivity index (χ1v) is 13.1. The van der Waals surface area contributed by atoms with Gasteiger partial charge in [-0.2, -0.15) is 4.31 Å². The third-order valence-electron chi connectivity index (χ3n) is 6.63. The number of rotatable bonds is 9. The van der Waals surface area contributed by atoms with E-state index in [1.165, 1.54) is 23.5 Å². The first-order valence-electron chi connectivity index (χ1n) is 11.7. The Morgan fingerprint density at radius 3 is 2.21 bits per heavy atom. The summed E-state index contributed by atoms with van der Waals surface area (Å²) < 4.78 is 34.5. The van der Waals surface area contributed by atoms with Crippen LogP contribution in [0, 0.1) is 0 Å². The number of likely N-dealkylation sites (tertiary alicyclic amines) is 1. The van der Waals surface area contributed by atoms with Crippen molar-refractivity contribution in [3.8, 4) is 5.75 Å². The Hall–Kier alpha value is -2.73. The number of benzene rings is 2. The van der Waals surface area contributed by atoms with Gasteiger partial charge in [-0.25, -0.2) is 13.9 Å². The summed E-state index contributed by atoms with van der Waals surface area (Å²) >= 11 is 0. The number of halogens is 2. The first kappa shape index (κ1) is 31.5. The molecule has 1 fully saturated rings. The molecule has 1 saturated heterocycles. The molecule has 0 aliphatic carbocycles. The number of ether oxygens (including phenoxy) is 1. The van der Waals surface area contributed by atoms with Gasteiger partial charge in [0.1, 0.15) is 11.3 Å². The summed E-state index contributed by atoms with van der Waals surface area (Å²) in [6.45, 7) is 1.54. The third-order valence-corrected chi connectivity index (χ3v) is 8.56. The van der Waals surface area contributed by atoms with Crippen LogP contribution in [0.5, 0.6) is 5.75 Å². The second-order valence-corrected chi connectivity index (χ2v) is 10.6. The van der Waals surface area contributed by atoms with E-state index in [0.29, 0.717) is 25.4 Å². The van der Waals surface area contributed by atoms with Crippen LogP contribution in [0.2, 0.25) is 0 Å². The van der Waals surface area contributed by atoms with E-state index in [2.05, 4.69) is 9.88 Å². The second-order valence-electron chi connectivity index (χ2n) is 8.78. The van der Waals surface area contributed by atoms with E-state index in [0.717, 1.165) is 11.1 Å². The summed E-state index contributed by atoms with van der Waals surface area (Å²) in [5.74, 6) is -0.216. The number of piperidine rings is 1. The van der Waals surface area contributed by atoms with Gasteiger partial charge in [0.15, 0.2) is 0 Å². The van der Waals surface area contributed by atoms with E-state index >= 15 is 0 Å². The van der Waals surface area contributed by atoms with E-state index < -0.39 is 21.5 Å². The average molecular weight is 584 g/mol. The zero-order valence-electron chi connectivity index (χ0n) is 20.9. The van der Waals surface area contributed by atoms with Crippen molar-refractivity contribution in [2.45, 2.75) is 36.4 Å². The number of carbonyl (C=O) groups is 1. The summed E-state index contributed by atoms with van der Waals surface area (Å²) in [4.78, 5) is 19.6. The maximum Gasteiger partial charge on any atom is 0.265 e. The zero-order valence-corrected chi connectivity index (χ0v) is 23.3. The minimum Gasteiger partial charge on any atom is -0.497 e. The molecule has 2 aromatic carbocycles. The molecular formula is C26H32Cl2N4O5S. The van der Waals surface area contributed by atoms with Crippen LogP contribution >= 0.6 is 24.8 Å². The van der Waals surface area contributed by atoms with E-state index in [9.17, 15) is 18.4 Å². The van der Waals surface area contributed by atoms with Gasteiger partial charge < -0.3 is 4.74 Å². The number of pyridine rings is 1. The highest BCUT2D eigenvalue weighted by Gasteiger charge is 2.51. The van der Waals surface area contributed by atoms with Gasteiger partial charge in [-0.1, -0.05) is 36.4 Å². The number of hydroxylamine groups is 1. The zero-order chi connectivity index (χ0) is 25.6. The number of nitrogens with zero attached hydrogens (tertiary/aromatic N) is 3. The summed E-state index contributed by atoms with van der Waals surface area (Å²) in [5.41, 5.74) is 2.04. The van der Waals surface area contributed by atoms with Crippen LogP contribution in [-0.2, 0) is 27.9 Å². The molecule has 9 nitrogen and oxygen atoms in total. The van der Waals surface area contributed by atoms with Crippen LogP contribution in [0.1, 0.15) is 24.0 Å². The van der Waals surface area contributed by atoms with Gasteiger partial charge in [0, 0.05) is 38.6 Å². The molecule has 1 aliphatic heterocycles. The Morgan fingerprint density at radius 2 is 1.66 bits per heavy atom. The fourth-order valence-corrected chi connectivity index (χ4v) is 6.39. The van der Waals surface area contributed by atoms with Crippen LogP contribution in [0.15, 0.2) is 84.0 Å². The van der Waals surface area contributed by atoms with Crippen LogP contribution in [-0.4, -0.2) is 59.5 Å². The topological polar surface area (TPSA) is 112 Å². The molecular weight excluding hydrogens is 551 g/mol. The molecule has 1 aromatic heterocycles. The molecule has 38 heavy (non-hydrogen) atoms. The van der Waals surface area contributed by atoms with E-state index in [1.54, 1.807) is 30.0 Å². The fraction of sp³-hybridized carbons (Fsp3) is 0.308. The van der Waals surface area contributed by atoms with E-state index in [1.807, 2.05) is 42.5 Å². The fourth-order valence-electron chi connectivity index (χ4n) is 4.62.